The predicted molar refractivity (Wildman–Crippen MR) is 98.0 cm³/mol. The highest BCUT2D eigenvalue weighted by atomic mass is 16.5. The zero-order valence-electron chi connectivity index (χ0n) is 15.5. The minimum absolute atomic E-state index is 0.0845. The Balaban J connectivity index is 1.34. The highest BCUT2D eigenvalue weighted by Crippen LogP contribution is 2.18. The Kier molecular flexibility index (Phi) is 6.50. The fraction of sp³-hybridized carbons (Fsp3) is 0.600. The number of rotatable bonds is 6. The van der Waals surface area contributed by atoms with Crippen LogP contribution in [0, 0.1) is 6.92 Å². The molecule has 0 aromatic heterocycles. The molecule has 2 amide bonds. The first-order valence-corrected chi connectivity index (χ1v) is 9.52. The molecule has 2 aliphatic heterocycles. The van der Waals surface area contributed by atoms with Gasteiger partial charge in [0.2, 0.25) is 5.91 Å². The van der Waals surface area contributed by atoms with Gasteiger partial charge in [0.15, 0.2) is 0 Å². The third-order valence-electron chi connectivity index (χ3n) is 5.04. The maximum absolute atomic E-state index is 12.4. The lowest BCUT2D eigenvalue weighted by Gasteiger charge is -2.35. The summed E-state index contributed by atoms with van der Waals surface area (Å²) in [6, 6.07) is 7.89. The van der Waals surface area contributed by atoms with Gasteiger partial charge in [-0.3, -0.25) is 9.59 Å². The molecule has 2 aliphatic rings. The molecule has 1 aromatic rings. The Morgan fingerprint density at radius 3 is 2.58 bits per heavy atom. The summed E-state index contributed by atoms with van der Waals surface area (Å²) < 4.78 is 11.2. The summed E-state index contributed by atoms with van der Waals surface area (Å²) in [6.07, 6.45) is 2.68. The predicted octanol–water partition coefficient (Wildman–Crippen LogP) is 2.00. The number of hydrogen-bond acceptors (Lipinski definition) is 4. The summed E-state index contributed by atoms with van der Waals surface area (Å²) in [5.41, 5.74) is 1.10. The largest absolute Gasteiger partial charge is 0.493 e. The second-order valence-corrected chi connectivity index (χ2v) is 6.93. The number of ether oxygens (including phenoxy) is 2. The maximum atomic E-state index is 12.4. The Bertz CT molecular complexity index is 620. The molecule has 0 N–H and O–H groups in total. The summed E-state index contributed by atoms with van der Waals surface area (Å²) >= 11 is 0. The van der Waals surface area contributed by atoms with E-state index in [1.165, 1.54) is 0 Å². The summed E-state index contributed by atoms with van der Waals surface area (Å²) in [7, 11) is 0. The van der Waals surface area contributed by atoms with Gasteiger partial charge >= 0.3 is 0 Å². The summed E-state index contributed by atoms with van der Waals surface area (Å²) in [4.78, 5) is 28.4. The van der Waals surface area contributed by atoms with Crippen molar-refractivity contribution in [2.75, 3.05) is 39.4 Å². The van der Waals surface area contributed by atoms with Gasteiger partial charge in [0.1, 0.15) is 11.9 Å². The standard InChI is InChI=1S/C20H28N2O4/c1-16-6-2-3-7-17(16)25-15-5-9-19(23)21-10-12-22(13-11-21)20(24)18-8-4-14-26-18/h2-3,6-7,18H,4-5,8-15H2,1H3/t18-/m1/s1. The number of hydrogen-bond donors (Lipinski definition) is 0. The average Bonchev–Trinajstić information content (AvgIpc) is 3.20. The van der Waals surface area contributed by atoms with Crippen LogP contribution in [0.1, 0.15) is 31.2 Å². The van der Waals surface area contributed by atoms with Crippen LogP contribution in [0.3, 0.4) is 0 Å². The lowest BCUT2D eigenvalue weighted by molar-refractivity contribution is -0.146. The van der Waals surface area contributed by atoms with Crippen molar-refractivity contribution >= 4 is 11.8 Å². The highest BCUT2D eigenvalue weighted by Gasteiger charge is 2.31. The fourth-order valence-electron chi connectivity index (χ4n) is 3.43. The van der Waals surface area contributed by atoms with Crippen molar-refractivity contribution in [1.29, 1.82) is 0 Å². The van der Waals surface area contributed by atoms with Crippen LogP contribution >= 0.6 is 0 Å². The van der Waals surface area contributed by atoms with Crippen LogP contribution in [0.15, 0.2) is 24.3 Å². The van der Waals surface area contributed by atoms with Crippen molar-refractivity contribution in [2.45, 2.75) is 38.7 Å². The van der Waals surface area contributed by atoms with E-state index in [2.05, 4.69) is 0 Å². The molecule has 142 valence electrons. The van der Waals surface area contributed by atoms with E-state index in [-0.39, 0.29) is 17.9 Å². The van der Waals surface area contributed by atoms with Crippen molar-refractivity contribution in [3.63, 3.8) is 0 Å². The number of benzene rings is 1. The molecule has 0 spiro atoms. The first-order chi connectivity index (χ1) is 12.6. The number of para-hydroxylation sites is 1. The van der Waals surface area contributed by atoms with Crippen molar-refractivity contribution in [2.24, 2.45) is 0 Å². The summed E-state index contributed by atoms with van der Waals surface area (Å²) in [6.45, 7) is 5.64. The number of nitrogens with zero attached hydrogens (tertiary/aromatic N) is 2. The van der Waals surface area contributed by atoms with Gasteiger partial charge in [-0.1, -0.05) is 18.2 Å². The van der Waals surface area contributed by atoms with Crippen LogP contribution in [0.25, 0.3) is 0 Å². The number of carbonyl (C=O) groups excluding carboxylic acids is 2. The van der Waals surface area contributed by atoms with E-state index in [4.69, 9.17) is 9.47 Å². The second kappa shape index (κ2) is 9.03. The zero-order chi connectivity index (χ0) is 18.4. The Morgan fingerprint density at radius 2 is 1.88 bits per heavy atom. The van der Waals surface area contributed by atoms with Crippen molar-refractivity contribution < 1.29 is 19.1 Å². The Hall–Kier alpha value is -2.08. The van der Waals surface area contributed by atoms with Crippen molar-refractivity contribution in [3.8, 4) is 5.75 Å². The fourth-order valence-corrected chi connectivity index (χ4v) is 3.43. The number of carbonyl (C=O) groups is 2. The third-order valence-corrected chi connectivity index (χ3v) is 5.04. The summed E-state index contributed by atoms with van der Waals surface area (Å²) in [5.74, 6) is 1.10. The van der Waals surface area contributed by atoms with E-state index in [9.17, 15) is 9.59 Å². The van der Waals surface area contributed by atoms with Crippen molar-refractivity contribution in [1.82, 2.24) is 9.80 Å². The van der Waals surface area contributed by atoms with Gasteiger partial charge < -0.3 is 19.3 Å². The quantitative estimate of drug-likeness (QED) is 0.728. The van der Waals surface area contributed by atoms with Crippen LogP contribution in [-0.4, -0.2) is 67.1 Å². The van der Waals surface area contributed by atoms with Crippen molar-refractivity contribution in [3.05, 3.63) is 29.8 Å². The molecule has 6 nitrogen and oxygen atoms in total. The normalized spacial score (nSPS) is 20.3. The first kappa shape index (κ1) is 18.7. The van der Waals surface area contributed by atoms with Crippen LogP contribution in [0.2, 0.25) is 0 Å². The molecule has 0 bridgehead atoms. The zero-order valence-corrected chi connectivity index (χ0v) is 15.5. The average molecular weight is 360 g/mol. The molecule has 0 aliphatic carbocycles. The van der Waals surface area contributed by atoms with E-state index in [1.54, 1.807) is 0 Å². The maximum Gasteiger partial charge on any atom is 0.251 e. The van der Waals surface area contributed by atoms with E-state index in [1.807, 2.05) is 41.0 Å². The Labute approximate surface area is 155 Å². The first-order valence-electron chi connectivity index (χ1n) is 9.52. The van der Waals surface area contributed by atoms with Crippen LogP contribution in [0.5, 0.6) is 5.75 Å². The number of aryl methyl sites for hydroxylation is 1. The van der Waals surface area contributed by atoms with Gasteiger partial charge in [-0.25, -0.2) is 0 Å². The molecular weight excluding hydrogens is 332 g/mol. The van der Waals surface area contributed by atoms with Crippen LogP contribution < -0.4 is 4.74 Å². The van der Waals surface area contributed by atoms with E-state index in [0.29, 0.717) is 52.2 Å². The Morgan fingerprint density at radius 1 is 1.15 bits per heavy atom. The lowest BCUT2D eigenvalue weighted by atomic mass is 10.2. The van der Waals surface area contributed by atoms with Gasteiger partial charge in [-0.15, -0.1) is 0 Å². The van der Waals surface area contributed by atoms with E-state index >= 15 is 0 Å². The van der Waals surface area contributed by atoms with Gasteiger partial charge in [0.25, 0.3) is 5.91 Å². The molecule has 26 heavy (non-hydrogen) atoms. The highest BCUT2D eigenvalue weighted by molar-refractivity contribution is 5.82. The second-order valence-electron chi connectivity index (χ2n) is 6.93. The monoisotopic (exact) mass is 360 g/mol. The molecule has 3 rings (SSSR count). The van der Waals surface area contributed by atoms with E-state index in [0.717, 1.165) is 24.2 Å². The molecule has 1 atom stereocenters. The molecular formula is C20H28N2O4. The topological polar surface area (TPSA) is 59.1 Å². The number of amides is 2. The minimum atomic E-state index is -0.268. The molecule has 6 heteroatoms. The van der Waals surface area contributed by atoms with Gasteiger partial charge in [-0.2, -0.15) is 0 Å². The third kappa shape index (κ3) is 4.75. The van der Waals surface area contributed by atoms with Gasteiger partial charge in [0.05, 0.1) is 6.61 Å². The molecule has 1 aromatic carbocycles. The van der Waals surface area contributed by atoms with Gasteiger partial charge in [0, 0.05) is 39.2 Å². The van der Waals surface area contributed by atoms with Gasteiger partial charge in [-0.05, 0) is 37.8 Å². The SMILES string of the molecule is Cc1ccccc1OCCCC(=O)N1CCN(C(=O)[C@H]2CCCO2)CC1. The molecule has 2 saturated heterocycles. The number of piperazine rings is 1. The minimum Gasteiger partial charge on any atom is -0.493 e. The lowest BCUT2D eigenvalue weighted by Crippen LogP contribution is -2.52. The molecule has 0 unspecified atom stereocenters. The molecule has 0 saturated carbocycles. The molecule has 2 heterocycles. The van der Waals surface area contributed by atoms with E-state index < -0.39 is 0 Å². The van der Waals surface area contributed by atoms with Crippen LogP contribution in [-0.2, 0) is 14.3 Å². The summed E-state index contributed by atoms with van der Waals surface area (Å²) in [5, 5.41) is 0. The van der Waals surface area contributed by atoms with Crippen LogP contribution in [0.4, 0.5) is 0 Å². The molecule has 2 fully saturated rings. The molecule has 0 radical (unpaired) electrons. The smallest absolute Gasteiger partial charge is 0.251 e.